The molecular weight excluding hydrogens is 248 g/mol. The molecule has 1 N–H and O–H groups in total. The highest BCUT2D eigenvalue weighted by Gasteiger charge is 2.24. The fourth-order valence-electron chi connectivity index (χ4n) is 1.60. The van der Waals surface area contributed by atoms with Crippen LogP contribution in [0.5, 0.6) is 0 Å². The monoisotopic (exact) mass is 262 g/mol. The second-order valence-electron chi connectivity index (χ2n) is 4.18. The number of allylic oxidation sites excluding steroid dienone is 1. The number of thioether (sulfide) groups is 1. The Hall–Kier alpha value is -1.75. The first-order valence-corrected chi connectivity index (χ1v) is 6.37. The van der Waals surface area contributed by atoms with E-state index in [0.29, 0.717) is 11.3 Å². The molecule has 0 aliphatic carbocycles. The highest BCUT2D eigenvalue weighted by atomic mass is 32.2. The summed E-state index contributed by atoms with van der Waals surface area (Å²) in [4.78, 5) is 24.8. The topological polar surface area (TPSA) is 49.4 Å². The van der Waals surface area contributed by atoms with E-state index in [9.17, 15) is 9.59 Å². The summed E-state index contributed by atoms with van der Waals surface area (Å²) in [6, 6.07) is 8.10. The molecule has 1 saturated heterocycles. The van der Waals surface area contributed by atoms with Crippen molar-refractivity contribution in [1.29, 1.82) is 0 Å². The molecule has 2 amide bonds. The number of hydrogen-bond acceptors (Lipinski definition) is 4. The molecule has 0 unspecified atom stereocenters. The first-order chi connectivity index (χ1) is 8.56. The van der Waals surface area contributed by atoms with Crippen LogP contribution in [0.25, 0.3) is 0 Å². The van der Waals surface area contributed by atoms with Gasteiger partial charge in [-0.3, -0.25) is 14.9 Å². The number of hydrogen-bond donors (Lipinski definition) is 1. The molecule has 18 heavy (non-hydrogen) atoms. The van der Waals surface area contributed by atoms with E-state index in [-0.39, 0.29) is 11.1 Å². The van der Waals surface area contributed by atoms with Gasteiger partial charge in [0.15, 0.2) is 0 Å². The first kappa shape index (κ1) is 12.7. The van der Waals surface area contributed by atoms with Crippen molar-refractivity contribution in [2.24, 2.45) is 0 Å². The summed E-state index contributed by atoms with van der Waals surface area (Å²) in [5.41, 5.74) is 2.25. The number of carbonyl (C=O) groups excluding carboxylic acids is 2. The number of amides is 2. The molecule has 1 aliphatic heterocycles. The number of rotatable bonds is 3. The standard InChI is InChI=1S/C13H14N2O2S/c1-15(2)10-6-3-9(4-7-10)5-8-11-12(16)14-13(17)18-11/h3-4,6-8H,5H2,1-2H3,(H,14,16,17)/b11-8-. The van der Waals surface area contributed by atoms with Gasteiger partial charge in [0, 0.05) is 19.8 Å². The molecule has 2 rings (SSSR count). The Morgan fingerprint density at radius 1 is 1.22 bits per heavy atom. The second kappa shape index (κ2) is 5.27. The molecule has 1 aromatic rings. The van der Waals surface area contributed by atoms with Crippen molar-refractivity contribution < 1.29 is 9.59 Å². The summed E-state index contributed by atoms with van der Waals surface area (Å²) < 4.78 is 0. The van der Waals surface area contributed by atoms with Crippen LogP contribution < -0.4 is 10.2 Å². The largest absolute Gasteiger partial charge is 0.378 e. The summed E-state index contributed by atoms with van der Waals surface area (Å²) in [7, 11) is 3.98. The van der Waals surface area contributed by atoms with Gasteiger partial charge in [-0.1, -0.05) is 18.2 Å². The van der Waals surface area contributed by atoms with E-state index in [0.717, 1.165) is 23.0 Å². The van der Waals surface area contributed by atoms with Gasteiger partial charge in [0.2, 0.25) is 0 Å². The molecule has 0 saturated carbocycles. The first-order valence-electron chi connectivity index (χ1n) is 5.56. The van der Waals surface area contributed by atoms with E-state index in [4.69, 9.17) is 0 Å². The van der Waals surface area contributed by atoms with Crippen molar-refractivity contribution in [3.8, 4) is 0 Å². The molecule has 0 atom stereocenters. The highest BCUT2D eigenvalue weighted by Crippen LogP contribution is 2.23. The number of carbonyl (C=O) groups is 2. The van der Waals surface area contributed by atoms with Gasteiger partial charge < -0.3 is 4.90 Å². The molecule has 1 aliphatic rings. The Kier molecular flexibility index (Phi) is 3.72. The van der Waals surface area contributed by atoms with Crippen molar-refractivity contribution in [3.05, 3.63) is 40.8 Å². The zero-order valence-corrected chi connectivity index (χ0v) is 11.1. The van der Waals surface area contributed by atoms with Gasteiger partial charge in [-0.2, -0.15) is 0 Å². The van der Waals surface area contributed by atoms with Crippen LogP contribution in [-0.4, -0.2) is 25.2 Å². The molecule has 1 fully saturated rings. The molecule has 0 radical (unpaired) electrons. The number of nitrogens with zero attached hydrogens (tertiary/aromatic N) is 1. The van der Waals surface area contributed by atoms with Crippen LogP contribution in [0.1, 0.15) is 5.56 Å². The minimum absolute atomic E-state index is 0.296. The predicted octanol–water partition coefficient (Wildman–Crippen LogP) is 2.16. The summed E-state index contributed by atoms with van der Waals surface area (Å²) in [5.74, 6) is -0.296. The lowest BCUT2D eigenvalue weighted by molar-refractivity contribution is -0.115. The third-order valence-electron chi connectivity index (χ3n) is 2.62. The van der Waals surface area contributed by atoms with Crippen LogP contribution in [-0.2, 0) is 11.2 Å². The number of anilines is 1. The quantitative estimate of drug-likeness (QED) is 0.848. The normalized spacial score (nSPS) is 17.1. The lowest BCUT2D eigenvalue weighted by Crippen LogP contribution is -2.17. The molecule has 0 aromatic heterocycles. The highest BCUT2D eigenvalue weighted by molar-refractivity contribution is 8.18. The van der Waals surface area contributed by atoms with E-state index in [1.165, 1.54) is 0 Å². The number of imide groups is 1. The van der Waals surface area contributed by atoms with Crippen LogP contribution in [0, 0.1) is 0 Å². The van der Waals surface area contributed by atoms with Gasteiger partial charge >= 0.3 is 0 Å². The van der Waals surface area contributed by atoms with Crippen molar-refractivity contribution in [2.75, 3.05) is 19.0 Å². The molecule has 0 bridgehead atoms. The van der Waals surface area contributed by atoms with Gasteiger partial charge in [0.1, 0.15) is 0 Å². The average Bonchev–Trinajstić information content (AvgIpc) is 2.66. The van der Waals surface area contributed by atoms with Gasteiger partial charge in [-0.25, -0.2) is 0 Å². The minimum Gasteiger partial charge on any atom is -0.378 e. The van der Waals surface area contributed by atoms with Crippen LogP contribution in [0.2, 0.25) is 0 Å². The molecule has 1 heterocycles. The van der Waals surface area contributed by atoms with Gasteiger partial charge in [-0.15, -0.1) is 0 Å². The smallest absolute Gasteiger partial charge is 0.290 e. The Bertz CT molecular complexity index is 506. The SMILES string of the molecule is CN(C)c1ccc(C/C=C2\SC(=O)NC2=O)cc1. The van der Waals surface area contributed by atoms with Crippen LogP contribution in [0.4, 0.5) is 10.5 Å². The zero-order chi connectivity index (χ0) is 13.1. The molecule has 5 heteroatoms. The Morgan fingerprint density at radius 2 is 1.89 bits per heavy atom. The second-order valence-corrected chi connectivity index (χ2v) is 5.19. The van der Waals surface area contributed by atoms with E-state index in [1.807, 2.05) is 43.3 Å². The molecule has 4 nitrogen and oxygen atoms in total. The molecule has 0 spiro atoms. The Balaban J connectivity index is 2.04. The maximum Gasteiger partial charge on any atom is 0.290 e. The lowest BCUT2D eigenvalue weighted by Gasteiger charge is -2.12. The number of benzene rings is 1. The fourth-order valence-corrected chi connectivity index (χ4v) is 2.25. The number of nitrogens with one attached hydrogen (secondary N) is 1. The van der Waals surface area contributed by atoms with Crippen molar-refractivity contribution in [1.82, 2.24) is 5.32 Å². The maximum absolute atomic E-state index is 11.3. The Labute approximate surface area is 110 Å². The summed E-state index contributed by atoms with van der Waals surface area (Å²) in [5, 5.41) is 1.94. The molecule has 1 aromatic carbocycles. The van der Waals surface area contributed by atoms with Gasteiger partial charge in [0.25, 0.3) is 11.1 Å². The third-order valence-corrected chi connectivity index (χ3v) is 3.48. The summed E-state index contributed by atoms with van der Waals surface area (Å²) in [6.45, 7) is 0. The van der Waals surface area contributed by atoms with E-state index >= 15 is 0 Å². The van der Waals surface area contributed by atoms with Crippen LogP contribution in [0.3, 0.4) is 0 Å². The van der Waals surface area contributed by atoms with E-state index in [1.54, 1.807) is 6.08 Å². The van der Waals surface area contributed by atoms with E-state index < -0.39 is 0 Å². The van der Waals surface area contributed by atoms with Gasteiger partial charge in [-0.05, 0) is 35.9 Å². The maximum atomic E-state index is 11.3. The molecule has 94 valence electrons. The van der Waals surface area contributed by atoms with Gasteiger partial charge in [0.05, 0.1) is 4.91 Å². The third kappa shape index (κ3) is 2.92. The zero-order valence-electron chi connectivity index (χ0n) is 10.3. The predicted molar refractivity (Wildman–Crippen MR) is 73.7 cm³/mol. The fraction of sp³-hybridized carbons (Fsp3) is 0.231. The van der Waals surface area contributed by atoms with E-state index in [2.05, 4.69) is 5.32 Å². The minimum atomic E-state index is -0.297. The Morgan fingerprint density at radius 3 is 2.39 bits per heavy atom. The van der Waals surface area contributed by atoms with Crippen molar-refractivity contribution >= 4 is 28.6 Å². The lowest BCUT2D eigenvalue weighted by atomic mass is 10.1. The average molecular weight is 262 g/mol. The summed E-state index contributed by atoms with van der Waals surface area (Å²) >= 11 is 0.954. The van der Waals surface area contributed by atoms with Crippen molar-refractivity contribution in [2.45, 2.75) is 6.42 Å². The molecular formula is C13H14N2O2S. The van der Waals surface area contributed by atoms with Crippen LogP contribution in [0.15, 0.2) is 35.2 Å². The van der Waals surface area contributed by atoms with Crippen molar-refractivity contribution in [3.63, 3.8) is 0 Å². The van der Waals surface area contributed by atoms with Crippen LogP contribution >= 0.6 is 11.8 Å². The summed E-state index contributed by atoms with van der Waals surface area (Å²) in [6.07, 6.45) is 2.44.